The molecule has 2 atom stereocenters. The quantitative estimate of drug-likeness (QED) is 0.756. The number of imidazole rings is 1. The summed E-state index contributed by atoms with van der Waals surface area (Å²) in [4.78, 5) is 7.96. The molecule has 4 heteroatoms. The monoisotopic (exact) mass is 277 g/mol. The van der Waals surface area contributed by atoms with Crippen LogP contribution < -0.4 is 5.32 Å². The topological polar surface area (TPSA) is 40.7 Å². The minimum absolute atomic E-state index is 0.514. The minimum atomic E-state index is 0.514. The van der Waals surface area contributed by atoms with Gasteiger partial charge in [-0.1, -0.05) is 44.2 Å². The highest BCUT2D eigenvalue weighted by molar-refractivity contribution is 7.99. The van der Waals surface area contributed by atoms with E-state index in [1.165, 1.54) is 12.8 Å². The first-order valence-corrected chi connectivity index (χ1v) is 7.91. The first kappa shape index (κ1) is 14.4. The van der Waals surface area contributed by atoms with Gasteiger partial charge in [0, 0.05) is 17.8 Å². The van der Waals surface area contributed by atoms with Crippen molar-refractivity contribution in [3.8, 4) is 0 Å². The van der Waals surface area contributed by atoms with Crippen LogP contribution in [0.2, 0.25) is 0 Å². The molecule has 0 fully saturated rings. The van der Waals surface area contributed by atoms with Crippen LogP contribution in [0.15, 0.2) is 29.4 Å². The number of rotatable bonds is 7. The number of benzene rings is 1. The van der Waals surface area contributed by atoms with Gasteiger partial charge in [0.15, 0.2) is 5.16 Å². The number of hydrogen-bond acceptors (Lipinski definition) is 3. The minimum Gasteiger partial charge on any atom is -0.333 e. The summed E-state index contributed by atoms with van der Waals surface area (Å²) in [7, 11) is 0. The molecule has 1 heterocycles. The van der Waals surface area contributed by atoms with Gasteiger partial charge in [0.05, 0.1) is 11.0 Å². The number of aromatic amines is 1. The Morgan fingerprint density at radius 3 is 2.84 bits per heavy atom. The molecule has 19 heavy (non-hydrogen) atoms. The van der Waals surface area contributed by atoms with Gasteiger partial charge in [0.25, 0.3) is 0 Å². The molecule has 0 spiro atoms. The molecular formula is C15H23N3S. The van der Waals surface area contributed by atoms with E-state index in [4.69, 9.17) is 0 Å². The molecule has 2 N–H and O–H groups in total. The first-order chi connectivity index (χ1) is 9.19. The largest absolute Gasteiger partial charge is 0.333 e. The summed E-state index contributed by atoms with van der Waals surface area (Å²) in [5.74, 6) is 0. The molecule has 0 saturated heterocycles. The Bertz CT molecular complexity index is 476. The van der Waals surface area contributed by atoms with Crippen molar-refractivity contribution in [2.24, 2.45) is 0 Å². The van der Waals surface area contributed by atoms with Crippen LogP contribution in [0.5, 0.6) is 0 Å². The van der Waals surface area contributed by atoms with Crippen LogP contribution in [0.3, 0.4) is 0 Å². The molecule has 1 aromatic heterocycles. The Morgan fingerprint density at radius 1 is 1.32 bits per heavy atom. The summed E-state index contributed by atoms with van der Waals surface area (Å²) in [5, 5.41) is 5.10. The lowest BCUT2D eigenvalue weighted by Gasteiger charge is -2.16. The molecule has 1 aromatic carbocycles. The van der Waals surface area contributed by atoms with Gasteiger partial charge >= 0.3 is 0 Å². The summed E-state index contributed by atoms with van der Waals surface area (Å²) < 4.78 is 0. The average molecular weight is 277 g/mol. The van der Waals surface area contributed by atoms with Crippen molar-refractivity contribution < 1.29 is 0 Å². The van der Waals surface area contributed by atoms with E-state index in [-0.39, 0.29) is 0 Å². The van der Waals surface area contributed by atoms with E-state index in [0.29, 0.717) is 11.3 Å². The Morgan fingerprint density at radius 2 is 2.11 bits per heavy atom. The van der Waals surface area contributed by atoms with E-state index < -0.39 is 0 Å². The molecule has 0 aliphatic carbocycles. The highest BCUT2D eigenvalue weighted by atomic mass is 32.2. The summed E-state index contributed by atoms with van der Waals surface area (Å²) >= 11 is 1.80. The summed E-state index contributed by atoms with van der Waals surface area (Å²) in [6, 6.07) is 8.77. The van der Waals surface area contributed by atoms with E-state index >= 15 is 0 Å². The average Bonchev–Trinajstić information content (AvgIpc) is 2.78. The summed E-state index contributed by atoms with van der Waals surface area (Å²) in [5.41, 5.74) is 2.16. The number of para-hydroxylation sites is 2. The van der Waals surface area contributed by atoms with Crippen LogP contribution in [0.4, 0.5) is 0 Å². The fourth-order valence-corrected chi connectivity index (χ4v) is 3.00. The normalized spacial score (nSPS) is 14.7. The molecule has 0 saturated carbocycles. The number of nitrogens with zero attached hydrogens (tertiary/aromatic N) is 1. The van der Waals surface area contributed by atoms with Crippen LogP contribution in [0.1, 0.15) is 33.6 Å². The number of hydrogen-bond donors (Lipinski definition) is 2. The van der Waals surface area contributed by atoms with Crippen LogP contribution in [0.25, 0.3) is 11.0 Å². The standard InChI is InChI=1S/C15H23N3S/c1-4-7-11(2)16-10-12(3)19-15-17-13-8-5-6-9-14(13)18-15/h5-6,8-9,11-12,16H,4,7,10H2,1-3H3,(H,17,18). The molecule has 3 nitrogen and oxygen atoms in total. The third kappa shape index (κ3) is 4.25. The van der Waals surface area contributed by atoms with Crippen LogP contribution in [0, 0.1) is 0 Å². The maximum absolute atomic E-state index is 4.60. The van der Waals surface area contributed by atoms with Gasteiger partial charge < -0.3 is 10.3 Å². The lowest BCUT2D eigenvalue weighted by Crippen LogP contribution is -2.31. The van der Waals surface area contributed by atoms with Gasteiger partial charge in [-0.2, -0.15) is 0 Å². The predicted octanol–water partition coefficient (Wildman–Crippen LogP) is 3.82. The highest BCUT2D eigenvalue weighted by Gasteiger charge is 2.09. The molecule has 0 aliphatic heterocycles. The van der Waals surface area contributed by atoms with Gasteiger partial charge in [0.2, 0.25) is 0 Å². The van der Waals surface area contributed by atoms with E-state index in [9.17, 15) is 0 Å². The molecule has 0 aliphatic rings. The van der Waals surface area contributed by atoms with Crippen LogP contribution >= 0.6 is 11.8 Å². The molecular weight excluding hydrogens is 254 g/mol. The molecule has 2 unspecified atom stereocenters. The fourth-order valence-electron chi connectivity index (χ4n) is 2.12. The van der Waals surface area contributed by atoms with E-state index in [2.05, 4.69) is 42.1 Å². The second-order valence-electron chi connectivity index (χ2n) is 5.09. The van der Waals surface area contributed by atoms with Crippen LogP contribution in [-0.4, -0.2) is 27.8 Å². The molecule has 2 rings (SSSR count). The van der Waals surface area contributed by atoms with E-state index in [1.54, 1.807) is 11.8 Å². The van der Waals surface area contributed by atoms with Crippen molar-refractivity contribution in [2.75, 3.05) is 6.54 Å². The molecule has 2 aromatic rings. The van der Waals surface area contributed by atoms with Crippen molar-refractivity contribution in [1.82, 2.24) is 15.3 Å². The van der Waals surface area contributed by atoms with E-state index in [1.807, 2.05) is 18.2 Å². The second-order valence-corrected chi connectivity index (χ2v) is 6.51. The number of thioether (sulfide) groups is 1. The van der Waals surface area contributed by atoms with Crippen molar-refractivity contribution in [2.45, 2.75) is 50.1 Å². The number of aromatic nitrogens is 2. The maximum Gasteiger partial charge on any atom is 0.166 e. The molecule has 0 amide bonds. The smallest absolute Gasteiger partial charge is 0.166 e. The maximum atomic E-state index is 4.60. The molecule has 0 bridgehead atoms. The van der Waals surface area contributed by atoms with E-state index in [0.717, 1.165) is 22.7 Å². The summed E-state index contributed by atoms with van der Waals surface area (Å²) in [6.07, 6.45) is 2.47. The van der Waals surface area contributed by atoms with Gasteiger partial charge in [-0.25, -0.2) is 4.98 Å². The SMILES string of the molecule is CCCC(C)NCC(C)Sc1nc2ccccc2[nH]1. The Kier molecular flexibility index (Phi) is 5.28. The van der Waals surface area contributed by atoms with Crippen molar-refractivity contribution >= 4 is 22.8 Å². The van der Waals surface area contributed by atoms with Gasteiger partial charge in [-0.3, -0.25) is 0 Å². The highest BCUT2D eigenvalue weighted by Crippen LogP contribution is 2.22. The van der Waals surface area contributed by atoms with Crippen molar-refractivity contribution in [3.63, 3.8) is 0 Å². The second kappa shape index (κ2) is 6.96. The molecule has 104 valence electrons. The lowest BCUT2D eigenvalue weighted by atomic mass is 10.2. The van der Waals surface area contributed by atoms with Crippen molar-refractivity contribution in [1.29, 1.82) is 0 Å². The summed E-state index contributed by atoms with van der Waals surface area (Å²) in [6.45, 7) is 7.74. The third-order valence-corrected chi connectivity index (χ3v) is 4.14. The zero-order valence-electron chi connectivity index (χ0n) is 11.9. The number of H-pyrrole nitrogens is 1. The van der Waals surface area contributed by atoms with Crippen LogP contribution in [-0.2, 0) is 0 Å². The third-order valence-electron chi connectivity index (χ3n) is 3.16. The lowest BCUT2D eigenvalue weighted by molar-refractivity contribution is 0.511. The first-order valence-electron chi connectivity index (χ1n) is 7.03. The Labute approximate surface area is 119 Å². The van der Waals surface area contributed by atoms with Crippen molar-refractivity contribution in [3.05, 3.63) is 24.3 Å². The Balaban J connectivity index is 1.86. The number of nitrogens with one attached hydrogen (secondary N) is 2. The number of fused-ring (bicyclic) bond motifs is 1. The van der Waals surface area contributed by atoms with Gasteiger partial charge in [-0.15, -0.1) is 0 Å². The van der Waals surface area contributed by atoms with Gasteiger partial charge in [0.1, 0.15) is 0 Å². The zero-order chi connectivity index (χ0) is 13.7. The Hall–Kier alpha value is -1.00. The van der Waals surface area contributed by atoms with Gasteiger partial charge in [-0.05, 0) is 25.5 Å². The fraction of sp³-hybridized carbons (Fsp3) is 0.533. The zero-order valence-corrected chi connectivity index (χ0v) is 12.8. The predicted molar refractivity (Wildman–Crippen MR) is 83.8 cm³/mol. The molecule has 0 radical (unpaired) electrons.